The summed E-state index contributed by atoms with van der Waals surface area (Å²) in [6.07, 6.45) is 4.78. The van der Waals surface area contributed by atoms with Crippen molar-refractivity contribution in [2.24, 2.45) is 11.8 Å². The Balaban J connectivity index is 1.70. The molecule has 1 aliphatic heterocycles. The van der Waals surface area contributed by atoms with Crippen molar-refractivity contribution in [3.8, 4) is 0 Å². The molecule has 2 atom stereocenters. The molecule has 1 saturated heterocycles. The van der Waals surface area contributed by atoms with Gasteiger partial charge in [0.15, 0.2) is 5.82 Å². The number of aromatic nitrogens is 2. The van der Waals surface area contributed by atoms with Crippen LogP contribution in [0.25, 0.3) is 5.65 Å². The maximum atomic E-state index is 4.91. The van der Waals surface area contributed by atoms with E-state index < -0.39 is 0 Å². The third kappa shape index (κ3) is 2.42. The zero-order chi connectivity index (χ0) is 14.4. The number of nitrogens with zero attached hydrogens (tertiary/aromatic N) is 3. The molecular formula is C17H24N4. The van der Waals surface area contributed by atoms with Crippen molar-refractivity contribution in [3.05, 3.63) is 30.1 Å². The highest BCUT2D eigenvalue weighted by molar-refractivity contribution is 5.56. The monoisotopic (exact) mass is 284 g/mol. The summed E-state index contributed by atoms with van der Waals surface area (Å²) < 4.78 is 2.25. The van der Waals surface area contributed by atoms with Gasteiger partial charge in [-0.15, -0.1) is 0 Å². The van der Waals surface area contributed by atoms with Gasteiger partial charge in [-0.25, -0.2) is 4.98 Å². The van der Waals surface area contributed by atoms with Crippen LogP contribution in [0, 0.1) is 11.8 Å². The molecule has 1 N–H and O–H groups in total. The lowest BCUT2D eigenvalue weighted by atomic mass is 10.0. The Morgan fingerprint density at radius 3 is 2.67 bits per heavy atom. The van der Waals surface area contributed by atoms with Crippen molar-refractivity contribution in [3.63, 3.8) is 0 Å². The van der Waals surface area contributed by atoms with Crippen molar-refractivity contribution < 1.29 is 0 Å². The van der Waals surface area contributed by atoms with Crippen LogP contribution in [0.5, 0.6) is 0 Å². The van der Waals surface area contributed by atoms with Gasteiger partial charge in [-0.2, -0.15) is 0 Å². The van der Waals surface area contributed by atoms with Crippen molar-refractivity contribution in [2.75, 3.05) is 18.0 Å². The second-order valence-corrected chi connectivity index (χ2v) is 6.83. The Hall–Kier alpha value is -1.55. The van der Waals surface area contributed by atoms with Gasteiger partial charge in [0.2, 0.25) is 0 Å². The fourth-order valence-corrected chi connectivity index (χ4v) is 3.28. The second kappa shape index (κ2) is 5.02. The fourth-order valence-electron chi connectivity index (χ4n) is 3.28. The molecule has 0 bridgehead atoms. The standard InChI is InChI=1S/C17H24N4/c1-12-10-20(11-13(12)2)17-15(9-18-14-6-7-14)21-8-4-3-5-16(21)19-17/h3-5,8,12-14,18H,6-7,9-11H2,1-2H3. The molecule has 112 valence electrons. The number of pyridine rings is 1. The van der Waals surface area contributed by atoms with Gasteiger partial charge in [0, 0.05) is 31.9 Å². The van der Waals surface area contributed by atoms with E-state index in [0.29, 0.717) is 0 Å². The van der Waals surface area contributed by atoms with Gasteiger partial charge in [-0.1, -0.05) is 19.9 Å². The number of fused-ring (bicyclic) bond motifs is 1. The van der Waals surface area contributed by atoms with Gasteiger partial charge >= 0.3 is 0 Å². The van der Waals surface area contributed by atoms with Crippen molar-refractivity contribution in [1.29, 1.82) is 0 Å². The average Bonchev–Trinajstić information content (AvgIpc) is 3.15. The van der Waals surface area contributed by atoms with E-state index in [0.717, 1.165) is 43.2 Å². The number of imidazole rings is 1. The first kappa shape index (κ1) is 13.1. The summed E-state index contributed by atoms with van der Waals surface area (Å²) in [6.45, 7) is 7.87. The Bertz CT molecular complexity index is 633. The van der Waals surface area contributed by atoms with Gasteiger partial charge in [0.25, 0.3) is 0 Å². The minimum absolute atomic E-state index is 0.725. The quantitative estimate of drug-likeness (QED) is 0.937. The lowest BCUT2D eigenvalue weighted by Crippen LogP contribution is -2.24. The first-order valence-corrected chi connectivity index (χ1v) is 8.16. The molecule has 4 heteroatoms. The predicted molar refractivity (Wildman–Crippen MR) is 85.6 cm³/mol. The average molecular weight is 284 g/mol. The van der Waals surface area contributed by atoms with Crippen LogP contribution in [0.15, 0.2) is 24.4 Å². The largest absolute Gasteiger partial charge is 0.354 e. The summed E-state index contributed by atoms with van der Waals surface area (Å²) in [7, 11) is 0. The summed E-state index contributed by atoms with van der Waals surface area (Å²) in [5.74, 6) is 2.68. The van der Waals surface area contributed by atoms with E-state index in [4.69, 9.17) is 4.98 Å². The molecule has 2 unspecified atom stereocenters. The summed E-state index contributed by atoms with van der Waals surface area (Å²) in [6, 6.07) is 6.99. The number of hydrogen-bond acceptors (Lipinski definition) is 3. The normalized spacial score (nSPS) is 25.9. The Morgan fingerprint density at radius 1 is 1.19 bits per heavy atom. The maximum absolute atomic E-state index is 4.91. The van der Waals surface area contributed by atoms with E-state index in [-0.39, 0.29) is 0 Å². The minimum atomic E-state index is 0.725. The second-order valence-electron chi connectivity index (χ2n) is 6.83. The van der Waals surface area contributed by atoms with Crippen LogP contribution in [-0.4, -0.2) is 28.5 Å². The van der Waals surface area contributed by atoms with Crippen molar-refractivity contribution in [1.82, 2.24) is 14.7 Å². The molecule has 0 amide bonds. The number of hydrogen-bond donors (Lipinski definition) is 1. The van der Waals surface area contributed by atoms with E-state index in [9.17, 15) is 0 Å². The molecule has 4 nitrogen and oxygen atoms in total. The fraction of sp³-hybridized carbons (Fsp3) is 0.588. The summed E-state index contributed by atoms with van der Waals surface area (Å²) in [5.41, 5.74) is 2.38. The van der Waals surface area contributed by atoms with Crippen LogP contribution < -0.4 is 10.2 Å². The molecule has 21 heavy (non-hydrogen) atoms. The molecule has 0 radical (unpaired) electrons. The predicted octanol–water partition coefficient (Wildman–Crippen LogP) is 2.68. The minimum Gasteiger partial charge on any atom is -0.354 e. The van der Waals surface area contributed by atoms with Gasteiger partial charge in [-0.05, 0) is 36.8 Å². The Kier molecular flexibility index (Phi) is 3.14. The molecule has 1 aliphatic carbocycles. The molecule has 0 aromatic carbocycles. The van der Waals surface area contributed by atoms with Gasteiger partial charge in [-0.3, -0.25) is 0 Å². The highest BCUT2D eigenvalue weighted by Gasteiger charge is 2.30. The topological polar surface area (TPSA) is 32.6 Å². The third-order valence-electron chi connectivity index (χ3n) is 5.03. The SMILES string of the molecule is CC1CN(c2nc3ccccn3c2CNC2CC2)CC1C. The van der Waals surface area contributed by atoms with Crippen molar-refractivity contribution in [2.45, 2.75) is 39.3 Å². The number of anilines is 1. The smallest absolute Gasteiger partial charge is 0.152 e. The van der Waals surface area contributed by atoms with Crippen LogP contribution in [0.3, 0.4) is 0 Å². The first-order chi connectivity index (χ1) is 10.2. The van der Waals surface area contributed by atoms with Crippen LogP contribution >= 0.6 is 0 Å². The molecule has 2 fully saturated rings. The molecule has 3 heterocycles. The van der Waals surface area contributed by atoms with Crippen LogP contribution in [-0.2, 0) is 6.54 Å². The zero-order valence-corrected chi connectivity index (χ0v) is 12.9. The zero-order valence-electron chi connectivity index (χ0n) is 12.9. The van der Waals surface area contributed by atoms with Crippen LogP contribution in [0.4, 0.5) is 5.82 Å². The van der Waals surface area contributed by atoms with Gasteiger partial charge in [0.05, 0.1) is 5.69 Å². The van der Waals surface area contributed by atoms with E-state index >= 15 is 0 Å². The third-order valence-corrected chi connectivity index (χ3v) is 5.03. The highest BCUT2D eigenvalue weighted by Crippen LogP contribution is 2.31. The van der Waals surface area contributed by atoms with E-state index in [1.807, 2.05) is 0 Å². The number of rotatable bonds is 4. The Labute approximate surface area is 126 Å². The molecule has 4 rings (SSSR count). The molecular weight excluding hydrogens is 260 g/mol. The van der Waals surface area contributed by atoms with E-state index in [1.54, 1.807) is 0 Å². The summed E-state index contributed by atoms with van der Waals surface area (Å²) in [5, 5.41) is 3.65. The first-order valence-electron chi connectivity index (χ1n) is 8.16. The lowest BCUT2D eigenvalue weighted by Gasteiger charge is -2.17. The van der Waals surface area contributed by atoms with Crippen LogP contribution in [0.2, 0.25) is 0 Å². The molecule has 2 aliphatic rings. The van der Waals surface area contributed by atoms with E-state index in [1.165, 1.54) is 24.4 Å². The highest BCUT2D eigenvalue weighted by atomic mass is 15.3. The van der Waals surface area contributed by atoms with Gasteiger partial charge in [0.1, 0.15) is 5.65 Å². The molecule has 2 aromatic heterocycles. The van der Waals surface area contributed by atoms with Gasteiger partial charge < -0.3 is 14.6 Å². The summed E-state index contributed by atoms with van der Waals surface area (Å²) in [4.78, 5) is 7.39. The van der Waals surface area contributed by atoms with Crippen LogP contribution in [0.1, 0.15) is 32.4 Å². The maximum Gasteiger partial charge on any atom is 0.152 e. The van der Waals surface area contributed by atoms with E-state index in [2.05, 4.69) is 52.9 Å². The lowest BCUT2D eigenvalue weighted by molar-refractivity contribution is 0.494. The molecule has 0 spiro atoms. The summed E-state index contributed by atoms with van der Waals surface area (Å²) >= 11 is 0. The Morgan fingerprint density at radius 2 is 1.95 bits per heavy atom. The molecule has 2 aromatic rings. The van der Waals surface area contributed by atoms with Crippen molar-refractivity contribution >= 4 is 11.5 Å². The number of nitrogens with one attached hydrogen (secondary N) is 1. The molecule has 1 saturated carbocycles.